The molecule has 0 saturated heterocycles. The Kier molecular flexibility index (Phi) is 2.85. The van der Waals surface area contributed by atoms with E-state index in [4.69, 9.17) is 5.11 Å². The summed E-state index contributed by atoms with van der Waals surface area (Å²) in [6.07, 6.45) is 0.456. The van der Waals surface area contributed by atoms with Crippen molar-refractivity contribution in [3.63, 3.8) is 0 Å². The number of benzene rings is 2. The largest absolute Gasteiger partial charge is 0.506 e. The van der Waals surface area contributed by atoms with Crippen molar-refractivity contribution in [3.05, 3.63) is 39.9 Å². The van der Waals surface area contributed by atoms with E-state index >= 15 is 0 Å². The van der Waals surface area contributed by atoms with Crippen LogP contribution >= 0.6 is 15.9 Å². The molecule has 2 aromatic rings. The normalized spacial score (nSPS) is 10.4. The summed E-state index contributed by atoms with van der Waals surface area (Å²) in [7, 11) is 0. The van der Waals surface area contributed by atoms with Crippen LogP contribution in [0.5, 0.6) is 5.75 Å². The molecular formula is C12H7BrO4. The first-order valence-electron chi connectivity index (χ1n) is 4.68. The molecule has 0 radical (unpaired) electrons. The molecule has 0 aliphatic carbocycles. The molecule has 4 nitrogen and oxygen atoms in total. The van der Waals surface area contributed by atoms with E-state index in [1.54, 1.807) is 18.2 Å². The van der Waals surface area contributed by atoms with E-state index in [-0.39, 0.29) is 11.1 Å². The molecule has 86 valence electrons. The quantitative estimate of drug-likeness (QED) is 0.835. The number of hydrogen-bond donors (Lipinski definition) is 2. The molecular weight excluding hydrogens is 288 g/mol. The Morgan fingerprint density at radius 2 is 2.00 bits per heavy atom. The second kappa shape index (κ2) is 4.18. The lowest BCUT2D eigenvalue weighted by Gasteiger charge is -2.07. The monoisotopic (exact) mass is 294 g/mol. The van der Waals surface area contributed by atoms with Crippen LogP contribution in [0.3, 0.4) is 0 Å². The van der Waals surface area contributed by atoms with Gasteiger partial charge in [0.2, 0.25) is 0 Å². The average Bonchev–Trinajstić information content (AvgIpc) is 2.28. The fourth-order valence-corrected chi connectivity index (χ4v) is 2.06. The Balaban J connectivity index is 2.93. The molecule has 0 aromatic heterocycles. The summed E-state index contributed by atoms with van der Waals surface area (Å²) >= 11 is 3.26. The second-order valence-electron chi connectivity index (χ2n) is 3.47. The van der Waals surface area contributed by atoms with Crippen LogP contribution in [0.15, 0.2) is 28.7 Å². The van der Waals surface area contributed by atoms with Crippen LogP contribution in [0.2, 0.25) is 0 Å². The smallest absolute Gasteiger partial charge is 0.339 e. The van der Waals surface area contributed by atoms with E-state index in [1.165, 1.54) is 6.07 Å². The zero-order chi connectivity index (χ0) is 12.6. The molecule has 0 bridgehead atoms. The van der Waals surface area contributed by atoms with Gasteiger partial charge in [-0.2, -0.15) is 0 Å². The third kappa shape index (κ3) is 1.89. The molecule has 0 spiro atoms. The molecule has 0 heterocycles. The summed E-state index contributed by atoms with van der Waals surface area (Å²) in [4.78, 5) is 21.9. The van der Waals surface area contributed by atoms with Gasteiger partial charge >= 0.3 is 5.97 Å². The van der Waals surface area contributed by atoms with E-state index in [1.807, 2.05) is 0 Å². The van der Waals surface area contributed by atoms with Crippen molar-refractivity contribution in [2.75, 3.05) is 0 Å². The molecule has 2 rings (SSSR count). The van der Waals surface area contributed by atoms with Crippen molar-refractivity contribution in [1.82, 2.24) is 0 Å². The van der Waals surface area contributed by atoms with Crippen LogP contribution in [0.1, 0.15) is 20.7 Å². The molecule has 0 aliphatic rings. The van der Waals surface area contributed by atoms with Crippen molar-refractivity contribution in [2.24, 2.45) is 0 Å². The number of phenols is 1. The zero-order valence-electron chi connectivity index (χ0n) is 8.48. The number of carbonyl (C=O) groups is 2. The zero-order valence-corrected chi connectivity index (χ0v) is 10.1. The summed E-state index contributed by atoms with van der Waals surface area (Å²) in [6.45, 7) is 0. The van der Waals surface area contributed by atoms with Crippen LogP contribution in [0.25, 0.3) is 10.8 Å². The number of hydrogen-bond acceptors (Lipinski definition) is 3. The van der Waals surface area contributed by atoms with E-state index in [9.17, 15) is 14.7 Å². The first-order valence-corrected chi connectivity index (χ1v) is 5.47. The molecule has 0 unspecified atom stereocenters. The Labute approximate surface area is 105 Å². The predicted octanol–water partition coefficient (Wildman–Crippen LogP) is 2.82. The highest BCUT2D eigenvalue weighted by Crippen LogP contribution is 2.31. The third-order valence-electron chi connectivity index (χ3n) is 2.46. The fraction of sp³-hybridized carbons (Fsp3) is 0. The Bertz CT molecular complexity index is 634. The highest BCUT2D eigenvalue weighted by atomic mass is 79.9. The van der Waals surface area contributed by atoms with Crippen molar-refractivity contribution in [3.8, 4) is 5.75 Å². The Hall–Kier alpha value is -1.88. The number of carbonyl (C=O) groups excluding carboxylic acids is 1. The van der Waals surface area contributed by atoms with Crippen molar-refractivity contribution < 1.29 is 19.8 Å². The van der Waals surface area contributed by atoms with Gasteiger partial charge < -0.3 is 10.2 Å². The molecule has 2 N–H and O–H groups in total. The highest BCUT2D eigenvalue weighted by Gasteiger charge is 2.16. The molecule has 0 atom stereocenters. The molecule has 0 saturated carbocycles. The molecule has 2 aromatic carbocycles. The van der Waals surface area contributed by atoms with Gasteiger partial charge in [0.1, 0.15) is 11.3 Å². The van der Waals surface area contributed by atoms with E-state index < -0.39 is 11.7 Å². The Morgan fingerprint density at radius 3 is 2.59 bits per heavy atom. The van der Waals surface area contributed by atoms with Crippen molar-refractivity contribution >= 4 is 39.0 Å². The van der Waals surface area contributed by atoms with Gasteiger partial charge in [-0.15, -0.1) is 0 Å². The fourth-order valence-electron chi connectivity index (χ4n) is 1.68. The molecule has 0 fully saturated rings. The minimum Gasteiger partial charge on any atom is -0.506 e. The highest BCUT2D eigenvalue weighted by molar-refractivity contribution is 9.10. The predicted molar refractivity (Wildman–Crippen MR) is 65.7 cm³/mol. The number of fused-ring (bicyclic) bond motifs is 1. The molecule has 5 heteroatoms. The summed E-state index contributed by atoms with van der Waals surface area (Å²) in [5.74, 6) is -1.77. The number of carboxylic acid groups (broad SMARTS) is 1. The van der Waals surface area contributed by atoms with Crippen LogP contribution in [-0.4, -0.2) is 22.5 Å². The van der Waals surface area contributed by atoms with Crippen LogP contribution in [0.4, 0.5) is 0 Å². The van der Waals surface area contributed by atoms with Gasteiger partial charge in [0.15, 0.2) is 6.29 Å². The van der Waals surface area contributed by atoms with Crippen LogP contribution in [-0.2, 0) is 0 Å². The van der Waals surface area contributed by atoms with Gasteiger partial charge in [-0.1, -0.05) is 22.0 Å². The van der Waals surface area contributed by atoms with Gasteiger partial charge in [-0.3, -0.25) is 4.79 Å². The number of carboxylic acids is 1. The van der Waals surface area contributed by atoms with Gasteiger partial charge in [-0.05, 0) is 29.0 Å². The average molecular weight is 295 g/mol. The lowest BCUT2D eigenvalue weighted by atomic mass is 10.00. The summed E-state index contributed by atoms with van der Waals surface area (Å²) in [5, 5.41) is 19.7. The van der Waals surface area contributed by atoms with Crippen LogP contribution in [0, 0.1) is 0 Å². The summed E-state index contributed by atoms with van der Waals surface area (Å²) in [6, 6.07) is 6.39. The number of aldehydes is 1. The SMILES string of the molecule is O=Cc1c(O)c(C(=O)O)cc2cc(Br)ccc12. The van der Waals surface area contributed by atoms with E-state index in [0.29, 0.717) is 17.1 Å². The summed E-state index contributed by atoms with van der Waals surface area (Å²) < 4.78 is 0.767. The lowest BCUT2D eigenvalue weighted by Crippen LogP contribution is -2.00. The van der Waals surface area contributed by atoms with Crippen molar-refractivity contribution in [1.29, 1.82) is 0 Å². The number of halogens is 1. The van der Waals surface area contributed by atoms with Crippen molar-refractivity contribution in [2.45, 2.75) is 0 Å². The van der Waals surface area contributed by atoms with Gasteiger partial charge in [0, 0.05) is 4.47 Å². The first-order chi connectivity index (χ1) is 8.04. The van der Waals surface area contributed by atoms with E-state index in [2.05, 4.69) is 15.9 Å². The molecule has 17 heavy (non-hydrogen) atoms. The number of aromatic carboxylic acids is 1. The molecule has 0 aliphatic heterocycles. The lowest BCUT2D eigenvalue weighted by molar-refractivity contribution is 0.0694. The Morgan fingerprint density at radius 1 is 1.29 bits per heavy atom. The summed E-state index contributed by atoms with van der Waals surface area (Å²) in [5.41, 5.74) is -0.287. The second-order valence-corrected chi connectivity index (χ2v) is 4.39. The number of aromatic hydroxyl groups is 1. The third-order valence-corrected chi connectivity index (χ3v) is 2.96. The van der Waals surface area contributed by atoms with E-state index in [0.717, 1.165) is 4.47 Å². The van der Waals surface area contributed by atoms with Crippen LogP contribution < -0.4 is 0 Å². The maximum absolute atomic E-state index is 10.9. The topological polar surface area (TPSA) is 74.6 Å². The maximum Gasteiger partial charge on any atom is 0.339 e. The first kappa shape index (κ1) is 11.6. The van der Waals surface area contributed by atoms with Gasteiger partial charge in [0.05, 0.1) is 5.56 Å². The standard InChI is InChI=1S/C12H7BrO4/c13-7-1-2-8-6(3-7)4-9(12(16)17)11(15)10(8)5-14/h1-5,15H,(H,16,17). The minimum atomic E-state index is -1.27. The maximum atomic E-state index is 10.9. The molecule has 0 amide bonds. The minimum absolute atomic E-state index is 0.00704. The number of rotatable bonds is 2. The van der Waals surface area contributed by atoms with Gasteiger partial charge in [0.25, 0.3) is 0 Å². The van der Waals surface area contributed by atoms with Gasteiger partial charge in [-0.25, -0.2) is 4.79 Å².